The number of benzene rings is 2. The fraction of sp³-hybridized carbons (Fsp3) is 0.381. The molecule has 0 radical (unpaired) electrons. The standard InChI is InChI=1S/C21H23BClNO3/c1-13-17(22-26-20(2,3)21(4,5)27-22)7-6-8-18(13)24-12-14-11-15(23)9-10-16(14)19(24)25/h6-11H,12H2,1-5H3. The van der Waals surface area contributed by atoms with Crippen LogP contribution < -0.4 is 10.4 Å². The minimum absolute atomic E-state index is 0.00386. The van der Waals surface area contributed by atoms with E-state index >= 15 is 0 Å². The molecule has 140 valence electrons. The Labute approximate surface area is 165 Å². The summed E-state index contributed by atoms with van der Waals surface area (Å²) in [7, 11) is -0.454. The molecule has 6 heteroatoms. The summed E-state index contributed by atoms with van der Waals surface area (Å²) in [5.74, 6) is -0.00386. The number of hydrogen-bond donors (Lipinski definition) is 0. The molecule has 2 aliphatic heterocycles. The summed E-state index contributed by atoms with van der Waals surface area (Å²) < 4.78 is 12.4. The van der Waals surface area contributed by atoms with E-state index in [9.17, 15) is 4.79 Å². The van der Waals surface area contributed by atoms with Gasteiger partial charge in [-0.05, 0) is 75.5 Å². The summed E-state index contributed by atoms with van der Waals surface area (Å²) in [5, 5.41) is 0.645. The summed E-state index contributed by atoms with van der Waals surface area (Å²) in [6.45, 7) is 10.7. The van der Waals surface area contributed by atoms with Crippen LogP contribution in [0.3, 0.4) is 0 Å². The Morgan fingerprint density at radius 2 is 1.74 bits per heavy atom. The highest BCUT2D eigenvalue weighted by atomic mass is 35.5. The molecule has 1 fully saturated rings. The van der Waals surface area contributed by atoms with Gasteiger partial charge in [0.25, 0.3) is 5.91 Å². The highest BCUT2D eigenvalue weighted by molar-refractivity contribution is 6.62. The second-order valence-electron chi connectivity index (χ2n) is 8.27. The van der Waals surface area contributed by atoms with Crippen molar-refractivity contribution in [3.63, 3.8) is 0 Å². The lowest BCUT2D eigenvalue weighted by Crippen LogP contribution is -2.41. The quantitative estimate of drug-likeness (QED) is 0.733. The Balaban J connectivity index is 1.69. The predicted octanol–water partition coefficient (Wildman–Crippen LogP) is 4.11. The molecule has 27 heavy (non-hydrogen) atoms. The Morgan fingerprint density at radius 3 is 2.41 bits per heavy atom. The number of anilines is 1. The molecule has 4 nitrogen and oxygen atoms in total. The van der Waals surface area contributed by atoms with Crippen LogP contribution in [0.15, 0.2) is 36.4 Å². The van der Waals surface area contributed by atoms with Gasteiger partial charge in [-0.3, -0.25) is 4.79 Å². The maximum Gasteiger partial charge on any atom is 0.495 e. The Kier molecular flexibility index (Phi) is 4.19. The summed E-state index contributed by atoms with van der Waals surface area (Å²) in [6, 6.07) is 11.3. The smallest absolute Gasteiger partial charge is 0.399 e. The maximum absolute atomic E-state index is 12.9. The fourth-order valence-electron chi connectivity index (χ4n) is 3.64. The number of rotatable bonds is 2. The van der Waals surface area contributed by atoms with Crippen LogP contribution in [0.25, 0.3) is 0 Å². The molecule has 0 unspecified atom stereocenters. The molecule has 0 aliphatic carbocycles. The van der Waals surface area contributed by atoms with Crippen molar-refractivity contribution in [1.29, 1.82) is 0 Å². The molecule has 4 rings (SSSR count). The zero-order chi connectivity index (χ0) is 19.6. The van der Waals surface area contributed by atoms with E-state index in [1.54, 1.807) is 17.0 Å². The number of amides is 1. The van der Waals surface area contributed by atoms with Gasteiger partial charge in [0, 0.05) is 16.3 Å². The summed E-state index contributed by atoms with van der Waals surface area (Å²) in [6.07, 6.45) is 0. The van der Waals surface area contributed by atoms with Gasteiger partial charge < -0.3 is 14.2 Å². The molecule has 0 bridgehead atoms. The fourth-order valence-corrected chi connectivity index (χ4v) is 3.84. The van der Waals surface area contributed by atoms with E-state index < -0.39 is 18.3 Å². The monoisotopic (exact) mass is 383 g/mol. The topological polar surface area (TPSA) is 38.8 Å². The van der Waals surface area contributed by atoms with Crippen LogP contribution in [0.2, 0.25) is 5.02 Å². The van der Waals surface area contributed by atoms with Crippen LogP contribution in [0, 0.1) is 6.92 Å². The van der Waals surface area contributed by atoms with E-state index in [-0.39, 0.29) is 5.91 Å². The highest BCUT2D eigenvalue weighted by Gasteiger charge is 2.52. The number of hydrogen-bond acceptors (Lipinski definition) is 3. The van der Waals surface area contributed by atoms with Crippen molar-refractivity contribution in [2.45, 2.75) is 52.4 Å². The van der Waals surface area contributed by atoms with Crippen molar-refractivity contribution in [2.24, 2.45) is 0 Å². The lowest BCUT2D eigenvalue weighted by Gasteiger charge is -2.32. The number of carbonyl (C=O) groups excluding carboxylic acids is 1. The molecule has 1 saturated heterocycles. The number of fused-ring (bicyclic) bond motifs is 1. The second-order valence-corrected chi connectivity index (χ2v) is 8.71. The molecule has 0 N–H and O–H groups in total. The van der Waals surface area contributed by atoms with Crippen molar-refractivity contribution in [1.82, 2.24) is 0 Å². The lowest BCUT2D eigenvalue weighted by molar-refractivity contribution is 0.00578. The third kappa shape index (κ3) is 2.89. The molecule has 0 saturated carbocycles. The van der Waals surface area contributed by atoms with E-state index in [0.717, 1.165) is 22.3 Å². The van der Waals surface area contributed by atoms with Crippen LogP contribution >= 0.6 is 11.6 Å². The minimum Gasteiger partial charge on any atom is -0.399 e. The van der Waals surface area contributed by atoms with Gasteiger partial charge in [0.15, 0.2) is 0 Å². The zero-order valence-electron chi connectivity index (χ0n) is 16.3. The van der Waals surface area contributed by atoms with Crippen molar-refractivity contribution in [2.75, 3.05) is 4.90 Å². The summed E-state index contributed by atoms with van der Waals surface area (Å²) in [5.41, 5.74) is 3.66. The first-order chi connectivity index (χ1) is 12.6. The average molecular weight is 384 g/mol. The largest absolute Gasteiger partial charge is 0.495 e. The van der Waals surface area contributed by atoms with Gasteiger partial charge in [-0.1, -0.05) is 23.7 Å². The molecule has 0 atom stereocenters. The lowest BCUT2D eigenvalue weighted by atomic mass is 9.75. The Hall–Kier alpha value is -1.82. The first-order valence-corrected chi connectivity index (χ1v) is 9.54. The van der Waals surface area contributed by atoms with Crippen LogP contribution in [0.5, 0.6) is 0 Å². The molecule has 0 aromatic heterocycles. The van der Waals surface area contributed by atoms with Crippen LogP contribution in [0.1, 0.15) is 49.2 Å². The molecule has 0 spiro atoms. The van der Waals surface area contributed by atoms with E-state index in [1.807, 2.05) is 58.9 Å². The average Bonchev–Trinajstić information content (AvgIpc) is 3.00. The third-order valence-electron chi connectivity index (χ3n) is 6.02. The van der Waals surface area contributed by atoms with Gasteiger partial charge in [-0.15, -0.1) is 0 Å². The molecule has 2 aromatic carbocycles. The number of halogens is 1. The highest BCUT2D eigenvalue weighted by Crippen LogP contribution is 2.38. The van der Waals surface area contributed by atoms with Gasteiger partial charge >= 0.3 is 7.12 Å². The van der Waals surface area contributed by atoms with E-state index in [1.165, 1.54) is 0 Å². The number of carbonyl (C=O) groups is 1. The van der Waals surface area contributed by atoms with Crippen molar-refractivity contribution < 1.29 is 14.1 Å². The van der Waals surface area contributed by atoms with Gasteiger partial charge in [0.2, 0.25) is 0 Å². The maximum atomic E-state index is 12.9. The van der Waals surface area contributed by atoms with Gasteiger partial charge in [-0.2, -0.15) is 0 Å². The van der Waals surface area contributed by atoms with Crippen LogP contribution in [-0.2, 0) is 15.9 Å². The summed E-state index contributed by atoms with van der Waals surface area (Å²) in [4.78, 5) is 14.7. The first-order valence-electron chi connectivity index (χ1n) is 9.16. The van der Waals surface area contributed by atoms with E-state index in [4.69, 9.17) is 20.9 Å². The van der Waals surface area contributed by atoms with Crippen molar-refractivity contribution in [3.05, 3.63) is 58.1 Å². The minimum atomic E-state index is -0.454. The summed E-state index contributed by atoms with van der Waals surface area (Å²) >= 11 is 6.10. The second kappa shape index (κ2) is 6.09. The first kappa shape index (κ1) is 18.5. The molecular weight excluding hydrogens is 361 g/mol. The van der Waals surface area contributed by atoms with Gasteiger partial charge in [0.05, 0.1) is 17.7 Å². The normalized spacial score (nSPS) is 20.3. The molecule has 2 aliphatic rings. The van der Waals surface area contributed by atoms with E-state index in [0.29, 0.717) is 17.1 Å². The Bertz CT molecular complexity index is 925. The van der Waals surface area contributed by atoms with Crippen LogP contribution in [-0.4, -0.2) is 24.2 Å². The third-order valence-corrected chi connectivity index (χ3v) is 6.25. The number of nitrogens with zero attached hydrogens (tertiary/aromatic N) is 1. The van der Waals surface area contributed by atoms with Crippen LogP contribution in [0.4, 0.5) is 5.69 Å². The molecule has 1 amide bonds. The molecule has 2 heterocycles. The zero-order valence-corrected chi connectivity index (χ0v) is 17.1. The van der Waals surface area contributed by atoms with Crippen molar-refractivity contribution in [3.8, 4) is 0 Å². The van der Waals surface area contributed by atoms with Gasteiger partial charge in [-0.25, -0.2) is 0 Å². The van der Waals surface area contributed by atoms with Gasteiger partial charge in [0.1, 0.15) is 0 Å². The predicted molar refractivity (Wildman–Crippen MR) is 109 cm³/mol. The van der Waals surface area contributed by atoms with E-state index in [2.05, 4.69) is 0 Å². The molecular formula is C21H23BClNO3. The Morgan fingerprint density at radius 1 is 1.07 bits per heavy atom. The SMILES string of the molecule is Cc1c(B2OC(C)(C)C(C)(C)O2)cccc1N1Cc2cc(Cl)ccc2C1=O. The molecule has 2 aromatic rings. The van der Waals surface area contributed by atoms with Crippen molar-refractivity contribution >= 4 is 35.8 Å².